The van der Waals surface area contributed by atoms with Crippen molar-refractivity contribution < 1.29 is 14.6 Å². The highest BCUT2D eigenvalue weighted by Crippen LogP contribution is 2.23. The van der Waals surface area contributed by atoms with E-state index in [-0.39, 0.29) is 0 Å². The lowest BCUT2D eigenvalue weighted by molar-refractivity contribution is 0.0610. The maximum atomic E-state index is 12.0. The number of aliphatic hydroxyl groups is 1. The molecule has 0 fully saturated rings. The fourth-order valence-electron chi connectivity index (χ4n) is 2.20. The number of carbonyl (C=O) groups excluding carboxylic acids is 1. The standard InChI is InChI=1S/C17H24N4O3/c1-5-6-7-11-14(22)12-9-8-10-13-15(12)21(20-18-13)19-16(23)24-17(2,3)4/h7-11,14,22H,5-6H2,1-4H3,(H,19,23)/b11-7+. The number of benzene rings is 1. The van der Waals surface area contributed by atoms with E-state index < -0.39 is 17.8 Å². The number of aliphatic hydroxyl groups excluding tert-OH is 1. The number of fused-ring (bicyclic) bond motifs is 1. The molecule has 2 rings (SSSR count). The van der Waals surface area contributed by atoms with E-state index in [1.54, 1.807) is 45.0 Å². The smallest absolute Gasteiger partial charge is 0.428 e. The van der Waals surface area contributed by atoms with Gasteiger partial charge in [-0.1, -0.05) is 37.6 Å². The molecule has 2 N–H and O–H groups in total. The summed E-state index contributed by atoms with van der Waals surface area (Å²) in [4.78, 5) is 13.2. The Labute approximate surface area is 141 Å². The van der Waals surface area contributed by atoms with Gasteiger partial charge in [0.15, 0.2) is 0 Å². The molecule has 0 aliphatic carbocycles. The number of unbranched alkanes of at least 4 members (excludes halogenated alkanes) is 1. The number of carbonyl (C=O) groups is 1. The summed E-state index contributed by atoms with van der Waals surface area (Å²) >= 11 is 0. The van der Waals surface area contributed by atoms with Crippen molar-refractivity contribution in [2.24, 2.45) is 0 Å². The maximum absolute atomic E-state index is 12.0. The molecule has 0 spiro atoms. The topological polar surface area (TPSA) is 89.3 Å². The van der Waals surface area contributed by atoms with Crippen molar-refractivity contribution >= 4 is 17.1 Å². The lowest BCUT2D eigenvalue weighted by Crippen LogP contribution is -2.32. The third-order valence-corrected chi connectivity index (χ3v) is 3.19. The lowest BCUT2D eigenvalue weighted by Gasteiger charge is -2.19. The van der Waals surface area contributed by atoms with Gasteiger partial charge >= 0.3 is 6.09 Å². The van der Waals surface area contributed by atoms with Crippen LogP contribution in [0.25, 0.3) is 11.0 Å². The molecular weight excluding hydrogens is 308 g/mol. The van der Waals surface area contributed by atoms with E-state index in [0.29, 0.717) is 16.6 Å². The Kier molecular flexibility index (Phi) is 5.56. The summed E-state index contributed by atoms with van der Waals surface area (Å²) in [7, 11) is 0. The van der Waals surface area contributed by atoms with Crippen molar-refractivity contribution in [2.75, 3.05) is 5.43 Å². The molecule has 0 bridgehead atoms. The molecule has 1 heterocycles. The van der Waals surface area contributed by atoms with Gasteiger partial charge in [-0.05, 0) is 38.5 Å². The van der Waals surface area contributed by atoms with Gasteiger partial charge in [0.1, 0.15) is 16.6 Å². The highest BCUT2D eigenvalue weighted by Gasteiger charge is 2.19. The van der Waals surface area contributed by atoms with Crippen LogP contribution in [0.3, 0.4) is 0 Å². The van der Waals surface area contributed by atoms with Gasteiger partial charge in [-0.25, -0.2) is 10.2 Å². The van der Waals surface area contributed by atoms with Crippen LogP contribution in [-0.4, -0.2) is 31.9 Å². The molecule has 1 aromatic heterocycles. The number of hydrogen-bond acceptors (Lipinski definition) is 5. The molecule has 1 amide bonds. The maximum Gasteiger partial charge on any atom is 0.428 e. The Morgan fingerprint density at radius 1 is 1.46 bits per heavy atom. The Morgan fingerprint density at radius 2 is 2.21 bits per heavy atom. The largest absolute Gasteiger partial charge is 0.443 e. The van der Waals surface area contributed by atoms with Crippen LogP contribution in [0.15, 0.2) is 30.4 Å². The van der Waals surface area contributed by atoms with Crippen molar-refractivity contribution in [3.05, 3.63) is 35.9 Å². The molecule has 1 aromatic carbocycles. The van der Waals surface area contributed by atoms with Crippen LogP contribution in [0, 0.1) is 0 Å². The van der Waals surface area contributed by atoms with E-state index in [1.807, 2.05) is 6.08 Å². The summed E-state index contributed by atoms with van der Waals surface area (Å²) in [5, 5.41) is 18.3. The minimum Gasteiger partial charge on any atom is -0.443 e. The number of para-hydroxylation sites is 1. The Balaban J connectivity index is 2.30. The first-order valence-electron chi connectivity index (χ1n) is 8.01. The van der Waals surface area contributed by atoms with Crippen LogP contribution < -0.4 is 5.43 Å². The number of amides is 1. The molecule has 0 radical (unpaired) electrons. The molecule has 130 valence electrons. The monoisotopic (exact) mass is 332 g/mol. The average Bonchev–Trinajstić information content (AvgIpc) is 2.88. The van der Waals surface area contributed by atoms with Gasteiger partial charge in [-0.2, -0.15) is 0 Å². The van der Waals surface area contributed by atoms with Gasteiger partial charge < -0.3 is 9.84 Å². The van der Waals surface area contributed by atoms with E-state index in [0.717, 1.165) is 12.8 Å². The summed E-state index contributed by atoms with van der Waals surface area (Å²) in [5.41, 5.74) is 3.64. The van der Waals surface area contributed by atoms with Crippen molar-refractivity contribution in [3.63, 3.8) is 0 Å². The van der Waals surface area contributed by atoms with Gasteiger partial charge in [-0.3, -0.25) is 0 Å². The average molecular weight is 332 g/mol. The first-order chi connectivity index (χ1) is 11.3. The van der Waals surface area contributed by atoms with Crippen LogP contribution in [0.4, 0.5) is 4.79 Å². The second kappa shape index (κ2) is 7.44. The minimum absolute atomic E-state index is 0.539. The number of aromatic nitrogens is 3. The number of nitrogens with one attached hydrogen (secondary N) is 1. The molecule has 1 unspecified atom stereocenters. The molecule has 2 aromatic rings. The molecule has 0 saturated heterocycles. The molecule has 0 aliphatic rings. The quantitative estimate of drug-likeness (QED) is 0.820. The molecule has 0 aliphatic heterocycles. The summed E-state index contributed by atoms with van der Waals surface area (Å²) in [6, 6.07) is 5.34. The van der Waals surface area contributed by atoms with Gasteiger partial charge in [0, 0.05) is 5.56 Å². The number of rotatable bonds is 5. The fourth-order valence-corrected chi connectivity index (χ4v) is 2.20. The van der Waals surface area contributed by atoms with Gasteiger partial charge in [-0.15, -0.1) is 9.89 Å². The van der Waals surface area contributed by atoms with Crippen molar-refractivity contribution in [1.29, 1.82) is 0 Å². The molecule has 7 nitrogen and oxygen atoms in total. The predicted octanol–water partition coefficient (Wildman–Crippen LogP) is 3.30. The zero-order chi connectivity index (χ0) is 17.7. The van der Waals surface area contributed by atoms with E-state index >= 15 is 0 Å². The number of hydrogen-bond donors (Lipinski definition) is 2. The van der Waals surface area contributed by atoms with E-state index in [1.165, 1.54) is 4.79 Å². The SMILES string of the molecule is CCC/C=C/C(O)c1cccc2nnn(NC(=O)OC(C)(C)C)c12. The van der Waals surface area contributed by atoms with Crippen LogP contribution in [0.2, 0.25) is 0 Å². The first kappa shape index (κ1) is 17.9. The van der Waals surface area contributed by atoms with Crippen molar-refractivity contribution in [3.8, 4) is 0 Å². The number of ether oxygens (including phenoxy) is 1. The van der Waals surface area contributed by atoms with Crippen molar-refractivity contribution in [1.82, 2.24) is 15.1 Å². The zero-order valence-electron chi connectivity index (χ0n) is 14.5. The van der Waals surface area contributed by atoms with E-state index in [4.69, 9.17) is 4.74 Å². The van der Waals surface area contributed by atoms with Crippen LogP contribution in [0.5, 0.6) is 0 Å². The molecule has 24 heavy (non-hydrogen) atoms. The fraction of sp³-hybridized carbons (Fsp3) is 0.471. The molecule has 1 atom stereocenters. The summed E-state index contributed by atoms with van der Waals surface area (Å²) in [6.45, 7) is 7.40. The lowest BCUT2D eigenvalue weighted by atomic mass is 10.1. The Hall–Kier alpha value is -2.41. The summed E-state index contributed by atoms with van der Waals surface area (Å²) < 4.78 is 5.22. The second-order valence-electron chi connectivity index (χ2n) is 6.49. The normalized spacial score (nSPS) is 13.4. The van der Waals surface area contributed by atoms with Gasteiger partial charge in [0.25, 0.3) is 0 Å². The molecule has 7 heteroatoms. The summed E-state index contributed by atoms with van der Waals surface area (Å²) in [6.07, 6.45) is 4.11. The number of nitrogens with zero attached hydrogens (tertiary/aromatic N) is 3. The molecule has 0 saturated carbocycles. The number of allylic oxidation sites excluding steroid dienone is 1. The highest BCUT2D eigenvalue weighted by molar-refractivity contribution is 5.83. The van der Waals surface area contributed by atoms with Gasteiger partial charge in [0.2, 0.25) is 0 Å². The highest BCUT2D eigenvalue weighted by atomic mass is 16.6. The summed E-state index contributed by atoms with van der Waals surface area (Å²) in [5.74, 6) is 0. The predicted molar refractivity (Wildman–Crippen MR) is 92.1 cm³/mol. The van der Waals surface area contributed by atoms with Crippen LogP contribution in [-0.2, 0) is 4.74 Å². The van der Waals surface area contributed by atoms with Crippen LogP contribution >= 0.6 is 0 Å². The van der Waals surface area contributed by atoms with E-state index in [9.17, 15) is 9.90 Å². The second-order valence-corrected chi connectivity index (χ2v) is 6.49. The minimum atomic E-state index is -0.807. The third-order valence-electron chi connectivity index (χ3n) is 3.19. The van der Waals surface area contributed by atoms with E-state index in [2.05, 4.69) is 22.7 Å². The van der Waals surface area contributed by atoms with Gasteiger partial charge in [0.05, 0.1) is 6.10 Å². The molecular formula is C17H24N4O3. The first-order valence-corrected chi connectivity index (χ1v) is 8.01. The zero-order valence-corrected chi connectivity index (χ0v) is 14.5. The Morgan fingerprint density at radius 3 is 2.88 bits per heavy atom. The Bertz CT molecular complexity index is 731. The third kappa shape index (κ3) is 4.55. The van der Waals surface area contributed by atoms with Crippen molar-refractivity contribution in [2.45, 2.75) is 52.2 Å². The van der Waals surface area contributed by atoms with Crippen LogP contribution in [0.1, 0.15) is 52.2 Å².